The highest BCUT2D eigenvalue weighted by Gasteiger charge is 2.36. The topological polar surface area (TPSA) is 46.0 Å². The van der Waals surface area contributed by atoms with Crippen LogP contribution in [0.5, 0.6) is 0 Å². The van der Waals surface area contributed by atoms with Crippen molar-refractivity contribution in [3.05, 3.63) is 23.3 Å². The molecule has 2 rings (SSSR count). The minimum absolute atomic E-state index is 0.0114. The van der Waals surface area contributed by atoms with Crippen LogP contribution in [0.3, 0.4) is 0 Å². The Bertz CT molecular complexity index is 325. The fraction of sp³-hybridized carbons (Fsp3) is 0.600. The fourth-order valence-corrected chi connectivity index (χ4v) is 1.59. The van der Waals surface area contributed by atoms with Gasteiger partial charge in [-0.05, 0) is 25.3 Å². The van der Waals surface area contributed by atoms with Crippen molar-refractivity contribution >= 4 is 0 Å². The third-order valence-corrected chi connectivity index (χ3v) is 2.53. The lowest BCUT2D eigenvalue weighted by Crippen LogP contribution is -2.00. The molecule has 0 bridgehead atoms. The highest BCUT2D eigenvalue weighted by Crippen LogP contribution is 2.45. The van der Waals surface area contributed by atoms with E-state index in [2.05, 4.69) is 16.9 Å². The molecule has 1 aromatic rings. The zero-order valence-electron chi connectivity index (χ0n) is 7.99. The fourth-order valence-electron chi connectivity index (χ4n) is 1.59. The first-order chi connectivity index (χ1) is 6.20. The molecule has 0 aromatic carbocycles. The van der Waals surface area contributed by atoms with Crippen LogP contribution in [0.15, 0.2) is 6.07 Å². The number of hydrogen-bond acceptors (Lipinski definition) is 3. The van der Waals surface area contributed by atoms with Crippen molar-refractivity contribution in [2.45, 2.75) is 32.8 Å². The Morgan fingerprint density at radius 2 is 2.23 bits per heavy atom. The van der Waals surface area contributed by atoms with Crippen molar-refractivity contribution in [3.63, 3.8) is 0 Å². The Labute approximate surface area is 77.8 Å². The maximum absolute atomic E-state index is 8.96. The Kier molecular flexibility index (Phi) is 2.04. The summed E-state index contributed by atoms with van der Waals surface area (Å²) in [4.78, 5) is 8.68. The Morgan fingerprint density at radius 1 is 1.54 bits per heavy atom. The molecule has 1 aliphatic rings. The largest absolute Gasteiger partial charge is 0.390 e. The van der Waals surface area contributed by atoms with Gasteiger partial charge in [0.2, 0.25) is 0 Å². The van der Waals surface area contributed by atoms with Gasteiger partial charge in [-0.1, -0.05) is 6.92 Å². The lowest BCUT2D eigenvalue weighted by Gasteiger charge is -2.02. The summed E-state index contributed by atoms with van der Waals surface area (Å²) in [5.74, 6) is 2.16. The molecule has 70 valence electrons. The molecule has 0 radical (unpaired) electrons. The zero-order chi connectivity index (χ0) is 9.42. The number of nitrogens with zero attached hydrogens (tertiary/aromatic N) is 2. The van der Waals surface area contributed by atoms with Gasteiger partial charge in [0, 0.05) is 11.6 Å². The molecule has 0 saturated heterocycles. The maximum atomic E-state index is 8.96. The van der Waals surface area contributed by atoms with Crippen LogP contribution in [-0.2, 0) is 6.61 Å². The van der Waals surface area contributed by atoms with Gasteiger partial charge in [-0.2, -0.15) is 0 Å². The van der Waals surface area contributed by atoms with E-state index >= 15 is 0 Å². The molecule has 3 heteroatoms. The second-order valence-electron chi connectivity index (χ2n) is 3.84. The van der Waals surface area contributed by atoms with Crippen LogP contribution in [0.2, 0.25) is 0 Å². The quantitative estimate of drug-likeness (QED) is 0.744. The van der Waals surface area contributed by atoms with Gasteiger partial charge in [0.05, 0.1) is 12.3 Å². The summed E-state index contributed by atoms with van der Waals surface area (Å²) in [6.45, 7) is 4.16. The Hall–Kier alpha value is -0.960. The molecule has 1 fully saturated rings. The Morgan fingerprint density at radius 3 is 2.77 bits per heavy atom. The molecule has 2 unspecified atom stereocenters. The highest BCUT2D eigenvalue weighted by molar-refractivity contribution is 5.16. The van der Waals surface area contributed by atoms with Gasteiger partial charge in [-0.3, -0.25) is 0 Å². The second kappa shape index (κ2) is 3.07. The average molecular weight is 178 g/mol. The van der Waals surface area contributed by atoms with Gasteiger partial charge in [0.25, 0.3) is 0 Å². The molecule has 1 N–H and O–H groups in total. The van der Waals surface area contributed by atoms with Crippen LogP contribution in [0, 0.1) is 12.8 Å². The molecule has 1 aromatic heterocycles. The number of aromatic nitrogens is 2. The van der Waals surface area contributed by atoms with E-state index in [4.69, 9.17) is 5.11 Å². The van der Waals surface area contributed by atoms with Crippen LogP contribution >= 0.6 is 0 Å². The summed E-state index contributed by atoms with van der Waals surface area (Å²) in [5.41, 5.74) is 1.69. The zero-order valence-corrected chi connectivity index (χ0v) is 7.99. The molecule has 0 amide bonds. The predicted octanol–water partition coefficient (Wildman–Crippen LogP) is 1.40. The number of aryl methyl sites for hydroxylation is 1. The van der Waals surface area contributed by atoms with Crippen molar-refractivity contribution in [1.29, 1.82) is 0 Å². The SMILES string of the molecule is Cc1cc(CO)nc(C2CC2C)n1. The van der Waals surface area contributed by atoms with E-state index < -0.39 is 0 Å². The first-order valence-corrected chi connectivity index (χ1v) is 4.66. The van der Waals surface area contributed by atoms with Gasteiger partial charge in [0.15, 0.2) is 0 Å². The van der Waals surface area contributed by atoms with Crippen LogP contribution in [0.25, 0.3) is 0 Å². The third-order valence-electron chi connectivity index (χ3n) is 2.53. The number of aliphatic hydroxyl groups excluding tert-OH is 1. The maximum Gasteiger partial charge on any atom is 0.132 e. The molecule has 1 saturated carbocycles. The predicted molar refractivity (Wildman–Crippen MR) is 49.2 cm³/mol. The molecule has 0 spiro atoms. The summed E-state index contributed by atoms with van der Waals surface area (Å²) in [6.07, 6.45) is 1.19. The molecular formula is C10H14N2O. The number of rotatable bonds is 2. The molecule has 1 aliphatic carbocycles. The third kappa shape index (κ3) is 1.70. The Balaban J connectivity index is 2.30. The van der Waals surface area contributed by atoms with E-state index in [1.54, 1.807) is 0 Å². The first-order valence-electron chi connectivity index (χ1n) is 4.66. The average Bonchev–Trinajstić information content (AvgIpc) is 2.81. The molecule has 2 atom stereocenters. The standard InChI is InChI=1S/C10H14N2O/c1-6-3-9(6)10-11-7(2)4-8(5-13)12-10/h4,6,9,13H,3,5H2,1-2H3. The molecular weight excluding hydrogens is 164 g/mol. The van der Waals surface area contributed by atoms with E-state index in [0.717, 1.165) is 17.2 Å². The van der Waals surface area contributed by atoms with E-state index in [1.807, 2.05) is 13.0 Å². The van der Waals surface area contributed by atoms with Crippen molar-refractivity contribution in [1.82, 2.24) is 9.97 Å². The lowest BCUT2D eigenvalue weighted by molar-refractivity contribution is 0.276. The van der Waals surface area contributed by atoms with E-state index in [9.17, 15) is 0 Å². The molecule has 0 aliphatic heterocycles. The number of aliphatic hydroxyl groups is 1. The summed E-state index contributed by atoms with van der Waals surface area (Å²) in [6, 6.07) is 1.83. The minimum atomic E-state index is 0.0114. The van der Waals surface area contributed by atoms with Crippen LogP contribution in [0.4, 0.5) is 0 Å². The van der Waals surface area contributed by atoms with Gasteiger partial charge in [-0.15, -0.1) is 0 Å². The summed E-state index contributed by atoms with van der Waals surface area (Å²) in [7, 11) is 0. The normalized spacial score (nSPS) is 26.1. The second-order valence-corrected chi connectivity index (χ2v) is 3.84. The van der Waals surface area contributed by atoms with Gasteiger partial charge in [0.1, 0.15) is 5.82 Å². The molecule has 1 heterocycles. The minimum Gasteiger partial charge on any atom is -0.390 e. The van der Waals surface area contributed by atoms with Crippen molar-refractivity contribution < 1.29 is 5.11 Å². The summed E-state index contributed by atoms with van der Waals surface area (Å²) >= 11 is 0. The molecule has 13 heavy (non-hydrogen) atoms. The van der Waals surface area contributed by atoms with Crippen molar-refractivity contribution in [2.75, 3.05) is 0 Å². The van der Waals surface area contributed by atoms with Crippen LogP contribution < -0.4 is 0 Å². The van der Waals surface area contributed by atoms with E-state index in [-0.39, 0.29) is 6.61 Å². The van der Waals surface area contributed by atoms with Crippen molar-refractivity contribution in [2.24, 2.45) is 5.92 Å². The van der Waals surface area contributed by atoms with Gasteiger partial charge >= 0.3 is 0 Å². The number of hydrogen-bond donors (Lipinski definition) is 1. The molecule has 3 nitrogen and oxygen atoms in total. The summed E-state index contributed by atoms with van der Waals surface area (Å²) in [5, 5.41) is 8.96. The van der Waals surface area contributed by atoms with E-state index in [1.165, 1.54) is 6.42 Å². The van der Waals surface area contributed by atoms with E-state index in [0.29, 0.717) is 11.8 Å². The first kappa shape index (κ1) is 8.63. The monoisotopic (exact) mass is 178 g/mol. The highest BCUT2D eigenvalue weighted by atomic mass is 16.3. The smallest absolute Gasteiger partial charge is 0.132 e. The van der Waals surface area contributed by atoms with Gasteiger partial charge in [-0.25, -0.2) is 9.97 Å². The van der Waals surface area contributed by atoms with Crippen molar-refractivity contribution in [3.8, 4) is 0 Å². The lowest BCUT2D eigenvalue weighted by atomic mass is 10.3. The van der Waals surface area contributed by atoms with Gasteiger partial charge < -0.3 is 5.11 Å². The summed E-state index contributed by atoms with van der Waals surface area (Å²) < 4.78 is 0. The van der Waals surface area contributed by atoms with Crippen LogP contribution in [-0.4, -0.2) is 15.1 Å². The van der Waals surface area contributed by atoms with Crippen LogP contribution in [0.1, 0.15) is 36.5 Å².